The van der Waals surface area contributed by atoms with Crippen molar-refractivity contribution in [1.82, 2.24) is 5.32 Å². The van der Waals surface area contributed by atoms with E-state index in [1.165, 1.54) is 11.1 Å². The van der Waals surface area contributed by atoms with Crippen molar-refractivity contribution in [3.63, 3.8) is 0 Å². The van der Waals surface area contributed by atoms with E-state index in [0.29, 0.717) is 18.2 Å². The van der Waals surface area contributed by atoms with Gasteiger partial charge in [-0.05, 0) is 37.4 Å². The highest BCUT2D eigenvalue weighted by molar-refractivity contribution is 5.18. The number of hydrogen-bond donors (Lipinski definition) is 1. The molecule has 2 aromatic carbocycles. The molecule has 1 N–H and O–H groups in total. The predicted molar refractivity (Wildman–Crippen MR) is 86.4 cm³/mol. The predicted octanol–water partition coefficient (Wildman–Crippen LogP) is 3.22. The Hall–Kier alpha value is -1.64. The molecule has 2 nitrogen and oxygen atoms in total. The zero-order valence-electron chi connectivity index (χ0n) is 12.5. The molecule has 1 aliphatic heterocycles. The van der Waals surface area contributed by atoms with Gasteiger partial charge in [0, 0.05) is 6.04 Å². The number of benzene rings is 2. The van der Waals surface area contributed by atoms with Gasteiger partial charge in [-0.1, -0.05) is 60.7 Å². The van der Waals surface area contributed by atoms with Crippen LogP contribution in [0.15, 0.2) is 60.7 Å². The lowest BCUT2D eigenvalue weighted by atomic mass is 9.99. The van der Waals surface area contributed by atoms with E-state index in [1.807, 2.05) is 7.05 Å². The fourth-order valence-corrected chi connectivity index (χ4v) is 2.95. The van der Waals surface area contributed by atoms with Crippen LogP contribution in [-0.2, 0) is 17.6 Å². The van der Waals surface area contributed by atoms with Crippen molar-refractivity contribution in [3.8, 4) is 0 Å². The van der Waals surface area contributed by atoms with Crippen LogP contribution < -0.4 is 5.32 Å². The van der Waals surface area contributed by atoms with Crippen LogP contribution in [0, 0.1) is 0 Å². The van der Waals surface area contributed by atoms with Gasteiger partial charge in [0.25, 0.3) is 0 Å². The minimum absolute atomic E-state index is 0.360. The van der Waals surface area contributed by atoms with Gasteiger partial charge >= 0.3 is 0 Å². The third-order valence-corrected chi connectivity index (χ3v) is 4.25. The lowest BCUT2D eigenvalue weighted by Crippen LogP contribution is -2.34. The summed E-state index contributed by atoms with van der Waals surface area (Å²) in [5, 5.41) is 3.42. The van der Waals surface area contributed by atoms with E-state index in [2.05, 4.69) is 66.0 Å². The molecule has 2 aromatic rings. The van der Waals surface area contributed by atoms with Gasteiger partial charge in [-0.25, -0.2) is 0 Å². The molecule has 0 radical (unpaired) electrons. The van der Waals surface area contributed by atoms with Crippen molar-refractivity contribution in [1.29, 1.82) is 0 Å². The molecule has 0 bridgehead atoms. The molecule has 1 saturated heterocycles. The summed E-state index contributed by atoms with van der Waals surface area (Å²) in [7, 11) is 2.03. The van der Waals surface area contributed by atoms with E-state index in [0.717, 1.165) is 19.3 Å². The molecule has 2 heteroatoms. The summed E-state index contributed by atoms with van der Waals surface area (Å²) in [5.74, 6) is 0. The van der Waals surface area contributed by atoms with Crippen LogP contribution >= 0.6 is 0 Å². The maximum absolute atomic E-state index is 5.90. The monoisotopic (exact) mass is 281 g/mol. The van der Waals surface area contributed by atoms with Gasteiger partial charge in [0.15, 0.2) is 0 Å². The number of ether oxygens (including phenoxy) is 1. The number of rotatable bonds is 7. The van der Waals surface area contributed by atoms with Gasteiger partial charge in [0.05, 0.1) is 12.2 Å². The second-order valence-corrected chi connectivity index (χ2v) is 5.75. The van der Waals surface area contributed by atoms with Gasteiger partial charge in [-0.2, -0.15) is 0 Å². The van der Waals surface area contributed by atoms with E-state index in [-0.39, 0.29) is 0 Å². The summed E-state index contributed by atoms with van der Waals surface area (Å²) in [4.78, 5) is 0. The van der Waals surface area contributed by atoms with Gasteiger partial charge in [0.2, 0.25) is 0 Å². The standard InChI is InChI=1S/C19H23NO/c1-20-17(14-16-10-6-3-7-11-16)19-18(21-19)13-12-15-8-4-2-5-9-15/h2-11,17-20H,12-14H2,1H3/t17-,18?,19?/m1/s1. The van der Waals surface area contributed by atoms with Crippen molar-refractivity contribution >= 4 is 0 Å². The molecule has 0 aliphatic carbocycles. The summed E-state index contributed by atoms with van der Waals surface area (Å²) in [6, 6.07) is 21.7. The quantitative estimate of drug-likeness (QED) is 0.788. The number of epoxide rings is 1. The Morgan fingerprint density at radius 2 is 1.57 bits per heavy atom. The summed E-state index contributed by atoms with van der Waals surface area (Å²) >= 11 is 0. The van der Waals surface area contributed by atoms with Crippen LogP contribution in [0.3, 0.4) is 0 Å². The molecule has 110 valence electrons. The molecule has 1 heterocycles. The second kappa shape index (κ2) is 6.88. The Morgan fingerprint density at radius 1 is 0.952 bits per heavy atom. The fourth-order valence-electron chi connectivity index (χ4n) is 2.95. The van der Waals surface area contributed by atoms with Crippen LogP contribution in [0.2, 0.25) is 0 Å². The first-order chi connectivity index (χ1) is 10.4. The maximum Gasteiger partial charge on any atom is 0.0997 e. The Kier molecular flexibility index (Phi) is 4.69. The first-order valence-electron chi connectivity index (χ1n) is 7.77. The molecule has 3 rings (SSSR count). The molecule has 1 fully saturated rings. The molecule has 0 aromatic heterocycles. The molecule has 21 heavy (non-hydrogen) atoms. The molecule has 1 aliphatic rings. The summed E-state index contributed by atoms with van der Waals surface area (Å²) in [6.07, 6.45) is 4.01. The molecule has 0 spiro atoms. The van der Waals surface area contributed by atoms with Crippen LogP contribution in [0.5, 0.6) is 0 Å². The topological polar surface area (TPSA) is 24.6 Å². The Labute approximate surface area is 127 Å². The van der Waals surface area contributed by atoms with Crippen molar-refractivity contribution in [3.05, 3.63) is 71.8 Å². The molecule has 0 amide bonds. The molecular formula is C19H23NO. The highest BCUT2D eigenvalue weighted by atomic mass is 16.6. The first-order valence-corrected chi connectivity index (χ1v) is 7.77. The van der Waals surface area contributed by atoms with Crippen molar-refractivity contribution < 1.29 is 4.74 Å². The third-order valence-electron chi connectivity index (χ3n) is 4.25. The fraction of sp³-hybridized carbons (Fsp3) is 0.368. The third kappa shape index (κ3) is 3.93. The van der Waals surface area contributed by atoms with Gasteiger partial charge in [0.1, 0.15) is 0 Å². The van der Waals surface area contributed by atoms with Crippen LogP contribution in [-0.4, -0.2) is 25.3 Å². The molecule has 2 unspecified atom stereocenters. The minimum Gasteiger partial charge on any atom is -0.368 e. The second-order valence-electron chi connectivity index (χ2n) is 5.75. The van der Waals surface area contributed by atoms with Crippen LogP contribution in [0.4, 0.5) is 0 Å². The van der Waals surface area contributed by atoms with Crippen molar-refractivity contribution in [2.75, 3.05) is 7.05 Å². The zero-order valence-corrected chi connectivity index (χ0v) is 12.5. The van der Waals surface area contributed by atoms with Crippen molar-refractivity contribution in [2.24, 2.45) is 0 Å². The van der Waals surface area contributed by atoms with E-state index in [1.54, 1.807) is 0 Å². The summed E-state index contributed by atoms with van der Waals surface area (Å²) in [6.45, 7) is 0. The average molecular weight is 281 g/mol. The normalized spacial score (nSPS) is 22.0. The molecule has 3 atom stereocenters. The van der Waals surface area contributed by atoms with Crippen LogP contribution in [0.25, 0.3) is 0 Å². The van der Waals surface area contributed by atoms with Crippen molar-refractivity contribution in [2.45, 2.75) is 37.5 Å². The Morgan fingerprint density at radius 3 is 2.19 bits per heavy atom. The summed E-state index contributed by atoms with van der Waals surface area (Å²) in [5.41, 5.74) is 2.77. The lowest BCUT2D eigenvalue weighted by molar-refractivity contribution is 0.327. The molecule has 0 saturated carbocycles. The Bertz CT molecular complexity index is 540. The SMILES string of the molecule is CN[C@H](Cc1ccccc1)C1OC1CCc1ccccc1. The zero-order chi connectivity index (χ0) is 14.5. The van der Waals surface area contributed by atoms with Gasteiger partial charge in [-0.15, -0.1) is 0 Å². The number of aryl methyl sites for hydroxylation is 1. The van der Waals surface area contributed by atoms with E-state index < -0.39 is 0 Å². The molecular weight excluding hydrogens is 258 g/mol. The highest BCUT2D eigenvalue weighted by Crippen LogP contribution is 2.31. The van der Waals surface area contributed by atoms with Gasteiger partial charge < -0.3 is 10.1 Å². The Balaban J connectivity index is 1.49. The highest BCUT2D eigenvalue weighted by Gasteiger charge is 2.43. The van der Waals surface area contributed by atoms with E-state index in [4.69, 9.17) is 4.74 Å². The first kappa shape index (κ1) is 14.3. The van der Waals surface area contributed by atoms with Crippen LogP contribution in [0.1, 0.15) is 17.5 Å². The lowest BCUT2D eigenvalue weighted by Gasteiger charge is -2.13. The van der Waals surface area contributed by atoms with Gasteiger partial charge in [-0.3, -0.25) is 0 Å². The largest absolute Gasteiger partial charge is 0.368 e. The number of nitrogens with one attached hydrogen (secondary N) is 1. The smallest absolute Gasteiger partial charge is 0.0997 e. The maximum atomic E-state index is 5.90. The van der Waals surface area contributed by atoms with E-state index >= 15 is 0 Å². The average Bonchev–Trinajstić information content (AvgIpc) is 3.32. The van der Waals surface area contributed by atoms with E-state index in [9.17, 15) is 0 Å². The number of likely N-dealkylation sites (N-methyl/N-ethyl adjacent to an activating group) is 1. The minimum atomic E-state index is 0.360. The summed E-state index contributed by atoms with van der Waals surface area (Å²) < 4.78 is 5.90. The number of hydrogen-bond acceptors (Lipinski definition) is 2.